The molecule has 4 aromatic rings. The predicted octanol–water partition coefficient (Wildman–Crippen LogP) is 3.81. The average molecular weight is 485 g/mol. The second kappa shape index (κ2) is 7.77. The number of hydrogen-bond acceptors (Lipinski definition) is 5. The standard InChI is InChI=1S/C20H17BrN6O2S/c21-13-8-15-16(24-19(29)23-15)9-14(13)22-17(28)10-30-20-25-18(11-6-7-11)27(26-20)12-4-2-1-3-5-12/h1-5,8-9,11H,6-7,10H2,(H,22,28)(H2,23,24,29). The number of H-pyrrole nitrogens is 2. The monoisotopic (exact) mass is 484 g/mol. The molecule has 1 fully saturated rings. The summed E-state index contributed by atoms with van der Waals surface area (Å²) in [5.41, 5.74) is 2.57. The number of hydrogen-bond donors (Lipinski definition) is 3. The summed E-state index contributed by atoms with van der Waals surface area (Å²) in [6.45, 7) is 0. The lowest BCUT2D eigenvalue weighted by atomic mass is 10.3. The van der Waals surface area contributed by atoms with Gasteiger partial charge in [-0.1, -0.05) is 30.0 Å². The molecule has 5 rings (SSSR count). The van der Waals surface area contributed by atoms with Crippen LogP contribution in [0.25, 0.3) is 16.7 Å². The Kier molecular flexibility index (Phi) is 4.95. The molecule has 1 saturated carbocycles. The molecule has 2 aromatic heterocycles. The molecule has 1 aliphatic carbocycles. The highest BCUT2D eigenvalue weighted by molar-refractivity contribution is 9.10. The van der Waals surface area contributed by atoms with Gasteiger partial charge in [-0.15, -0.1) is 5.10 Å². The number of aromatic amines is 2. The van der Waals surface area contributed by atoms with Crippen molar-refractivity contribution in [2.75, 3.05) is 11.1 Å². The molecule has 8 nitrogen and oxygen atoms in total. The second-order valence-corrected chi connectivity index (χ2v) is 8.86. The Balaban J connectivity index is 1.30. The van der Waals surface area contributed by atoms with E-state index in [0.717, 1.165) is 24.4 Å². The fraction of sp³-hybridized carbons (Fsp3) is 0.200. The van der Waals surface area contributed by atoms with Crippen molar-refractivity contribution in [3.8, 4) is 5.69 Å². The first kappa shape index (κ1) is 19.1. The van der Waals surface area contributed by atoms with Gasteiger partial charge in [-0.25, -0.2) is 14.5 Å². The van der Waals surface area contributed by atoms with Crippen LogP contribution in [-0.4, -0.2) is 36.4 Å². The molecule has 0 radical (unpaired) electrons. The van der Waals surface area contributed by atoms with Gasteiger partial charge >= 0.3 is 5.69 Å². The largest absolute Gasteiger partial charge is 0.324 e. The van der Waals surface area contributed by atoms with E-state index in [1.807, 2.05) is 35.0 Å². The molecule has 152 valence electrons. The van der Waals surface area contributed by atoms with Gasteiger partial charge in [0.25, 0.3) is 0 Å². The van der Waals surface area contributed by atoms with Gasteiger partial charge in [0, 0.05) is 10.4 Å². The molecule has 0 atom stereocenters. The van der Waals surface area contributed by atoms with Gasteiger partial charge in [0.2, 0.25) is 11.1 Å². The number of rotatable bonds is 6. The number of imidazole rings is 1. The molecule has 10 heteroatoms. The summed E-state index contributed by atoms with van der Waals surface area (Å²) in [6, 6.07) is 13.4. The van der Waals surface area contributed by atoms with Gasteiger partial charge in [0.1, 0.15) is 5.82 Å². The minimum absolute atomic E-state index is 0.178. The highest BCUT2D eigenvalue weighted by atomic mass is 79.9. The average Bonchev–Trinajstić information content (AvgIpc) is 3.39. The topological polar surface area (TPSA) is 108 Å². The number of nitrogens with zero attached hydrogens (tertiary/aromatic N) is 3. The number of nitrogens with one attached hydrogen (secondary N) is 3. The van der Waals surface area contributed by atoms with Gasteiger partial charge in [-0.3, -0.25) is 4.79 Å². The number of halogens is 1. The van der Waals surface area contributed by atoms with Crippen molar-refractivity contribution in [3.05, 3.63) is 63.2 Å². The van der Waals surface area contributed by atoms with Crippen LogP contribution in [-0.2, 0) is 4.79 Å². The highest BCUT2D eigenvalue weighted by Crippen LogP contribution is 2.40. The minimum atomic E-state index is -0.289. The molecule has 0 unspecified atom stereocenters. The molecule has 1 aliphatic rings. The van der Waals surface area contributed by atoms with Gasteiger partial charge in [0.15, 0.2) is 0 Å². The molecule has 2 heterocycles. The van der Waals surface area contributed by atoms with Crippen molar-refractivity contribution in [1.82, 2.24) is 24.7 Å². The van der Waals surface area contributed by atoms with Crippen LogP contribution >= 0.6 is 27.7 Å². The van der Waals surface area contributed by atoms with Crippen molar-refractivity contribution in [3.63, 3.8) is 0 Å². The van der Waals surface area contributed by atoms with E-state index in [1.54, 1.807) is 12.1 Å². The molecular weight excluding hydrogens is 468 g/mol. The first-order valence-corrected chi connectivity index (χ1v) is 11.2. The number of para-hydroxylation sites is 1. The first-order chi connectivity index (χ1) is 14.6. The van der Waals surface area contributed by atoms with E-state index in [9.17, 15) is 9.59 Å². The van der Waals surface area contributed by atoms with E-state index in [2.05, 4.69) is 41.3 Å². The van der Waals surface area contributed by atoms with Crippen molar-refractivity contribution >= 4 is 50.3 Å². The third-order valence-electron chi connectivity index (χ3n) is 4.77. The summed E-state index contributed by atoms with van der Waals surface area (Å²) in [5, 5.41) is 8.07. The molecule has 0 spiro atoms. The van der Waals surface area contributed by atoms with E-state index in [0.29, 0.717) is 32.3 Å². The summed E-state index contributed by atoms with van der Waals surface area (Å²) >= 11 is 4.73. The predicted molar refractivity (Wildman–Crippen MR) is 119 cm³/mol. The Bertz CT molecular complexity index is 1290. The van der Waals surface area contributed by atoms with Crippen LogP contribution in [0.15, 0.2) is 56.9 Å². The lowest BCUT2D eigenvalue weighted by molar-refractivity contribution is -0.113. The van der Waals surface area contributed by atoms with Gasteiger partial charge < -0.3 is 15.3 Å². The third-order valence-corrected chi connectivity index (χ3v) is 6.26. The summed E-state index contributed by atoms with van der Waals surface area (Å²) in [7, 11) is 0. The molecule has 0 saturated heterocycles. The maximum atomic E-state index is 12.5. The smallest absolute Gasteiger partial charge is 0.323 e. The van der Waals surface area contributed by atoms with E-state index in [1.165, 1.54) is 11.8 Å². The number of aromatic nitrogens is 5. The number of carbonyl (C=O) groups is 1. The van der Waals surface area contributed by atoms with Crippen molar-refractivity contribution in [2.24, 2.45) is 0 Å². The zero-order chi connectivity index (χ0) is 20.7. The zero-order valence-corrected chi connectivity index (χ0v) is 18.1. The van der Waals surface area contributed by atoms with Crippen molar-refractivity contribution in [1.29, 1.82) is 0 Å². The van der Waals surface area contributed by atoms with Crippen LogP contribution in [0.4, 0.5) is 5.69 Å². The van der Waals surface area contributed by atoms with Crippen LogP contribution in [0, 0.1) is 0 Å². The molecular formula is C20H17BrN6O2S. The molecule has 2 aromatic carbocycles. The van der Waals surface area contributed by atoms with E-state index in [4.69, 9.17) is 0 Å². The fourth-order valence-corrected chi connectivity index (χ4v) is 4.27. The van der Waals surface area contributed by atoms with E-state index >= 15 is 0 Å². The number of benzene rings is 2. The molecule has 0 bridgehead atoms. The van der Waals surface area contributed by atoms with Crippen LogP contribution in [0.3, 0.4) is 0 Å². The van der Waals surface area contributed by atoms with Gasteiger partial charge in [-0.05, 0) is 53.0 Å². The fourth-order valence-electron chi connectivity index (χ4n) is 3.20. The Labute approximate surface area is 183 Å². The normalized spacial score (nSPS) is 13.6. The maximum Gasteiger partial charge on any atom is 0.323 e. The summed E-state index contributed by atoms with van der Waals surface area (Å²) in [6.07, 6.45) is 2.24. The molecule has 30 heavy (non-hydrogen) atoms. The number of amides is 1. The molecule has 0 aliphatic heterocycles. The lowest BCUT2D eigenvalue weighted by Gasteiger charge is -2.07. The Hall–Kier alpha value is -2.85. The van der Waals surface area contributed by atoms with Crippen molar-refractivity contribution < 1.29 is 4.79 Å². The number of anilines is 1. The number of thioether (sulfide) groups is 1. The van der Waals surface area contributed by atoms with E-state index < -0.39 is 0 Å². The Morgan fingerprint density at radius 1 is 1.20 bits per heavy atom. The number of fused-ring (bicyclic) bond motifs is 1. The maximum absolute atomic E-state index is 12.5. The van der Waals surface area contributed by atoms with Gasteiger partial charge in [-0.2, -0.15) is 0 Å². The number of carbonyl (C=O) groups excluding carboxylic acids is 1. The summed E-state index contributed by atoms with van der Waals surface area (Å²) in [4.78, 5) is 34.0. The Morgan fingerprint density at radius 3 is 2.67 bits per heavy atom. The van der Waals surface area contributed by atoms with E-state index in [-0.39, 0.29) is 17.3 Å². The quantitative estimate of drug-likeness (QED) is 0.360. The Morgan fingerprint density at radius 2 is 1.93 bits per heavy atom. The summed E-state index contributed by atoms with van der Waals surface area (Å²) < 4.78 is 2.57. The minimum Gasteiger partial charge on any atom is -0.324 e. The SMILES string of the molecule is O=C(CSc1nc(C2CC2)n(-c2ccccc2)n1)Nc1cc2[nH]c(=O)[nH]c2cc1Br. The third kappa shape index (κ3) is 3.92. The molecule has 1 amide bonds. The van der Waals surface area contributed by atoms with Crippen molar-refractivity contribution in [2.45, 2.75) is 23.9 Å². The van der Waals surface area contributed by atoms with Gasteiger partial charge in [0.05, 0.1) is 28.2 Å². The van der Waals surface area contributed by atoms with Crippen LogP contribution in [0.1, 0.15) is 24.6 Å². The first-order valence-electron chi connectivity index (χ1n) is 9.43. The van der Waals surface area contributed by atoms with Crippen LogP contribution < -0.4 is 11.0 Å². The lowest BCUT2D eigenvalue weighted by Crippen LogP contribution is -2.14. The van der Waals surface area contributed by atoms with Crippen LogP contribution in [0.5, 0.6) is 0 Å². The highest BCUT2D eigenvalue weighted by Gasteiger charge is 2.30. The zero-order valence-electron chi connectivity index (χ0n) is 15.7. The summed E-state index contributed by atoms with van der Waals surface area (Å²) in [5.74, 6) is 1.39. The second-order valence-electron chi connectivity index (χ2n) is 7.07. The van der Waals surface area contributed by atoms with Crippen LogP contribution in [0.2, 0.25) is 0 Å². The molecule has 3 N–H and O–H groups in total.